The summed E-state index contributed by atoms with van der Waals surface area (Å²) in [6, 6.07) is 0. The van der Waals surface area contributed by atoms with Crippen LogP contribution in [0.2, 0.25) is 0 Å². The lowest BCUT2D eigenvalue weighted by molar-refractivity contribution is -0.0254. The molecule has 0 aliphatic heterocycles. The Hall–Kier alpha value is -0.120. The van der Waals surface area contributed by atoms with E-state index >= 15 is 0 Å². The third-order valence-electron chi connectivity index (χ3n) is 10.8. The van der Waals surface area contributed by atoms with Crippen LogP contribution in [0.15, 0.2) is 0 Å². The van der Waals surface area contributed by atoms with E-state index in [0.29, 0.717) is 24.2 Å². The number of hydrogen-bond acceptors (Lipinski definition) is 3. The highest BCUT2D eigenvalue weighted by atomic mass is 16.3. The molecule has 3 saturated carbocycles. The van der Waals surface area contributed by atoms with Crippen molar-refractivity contribution in [2.45, 2.75) is 142 Å². The zero-order valence-electron chi connectivity index (χ0n) is 22.6. The van der Waals surface area contributed by atoms with Crippen LogP contribution in [0.1, 0.15) is 131 Å². The van der Waals surface area contributed by atoms with Crippen LogP contribution < -0.4 is 0 Å². The summed E-state index contributed by atoms with van der Waals surface area (Å²) in [4.78, 5) is 0. The summed E-state index contributed by atoms with van der Waals surface area (Å²) < 4.78 is 0. The average Bonchev–Trinajstić information content (AvgIpc) is 3.11. The van der Waals surface area contributed by atoms with Gasteiger partial charge < -0.3 is 15.3 Å². The number of aliphatic hydroxyl groups excluding tert-OH is 1. The Morgan fingerprint density at radius 1 is 1.03 bits per heavy atom. The molecule has 3 aliphatic carbocycles. The minimum atomic E-state index is -0.639. The van der Waals surface area contributed by atoms with Crippen molar-refractivity contribution in [3.05, 3.63) is 0 Å². The molecule has 3 heteroatoms. The van der Waals surface area contributed by atoms with Gasteiger partial charge in [0.1, 0.15) is 0 Å². The van der Waals surface area contributed by atoms with E-state index in [0.717, 1.165) is 55.3 Å². The first kappa shape index (κ1) is 27.5. The first-order valence-corrected chi connectivity index (χ1v) is 14.6. The van der Waals surface area contributed by atoms with Gasteiger partial charge in [-0.15, -0.1) is 0 Å². The fourth-order valence-corrected chi connectivity index (χ4v) is 8.88. The minimum absolute atomic E-state index is 0.173. The molecule has 0 radical (unpaired) electrons. The van der Waals surface area contributed by atoms with E-state index < -0.39 is 11.2 Å². The van der Waals surface area contributed by atoms with E-state index in [1.165, 1.54) is 57.8 Å². The lowest BCUT2D eigenvalue weighted by Gasteiger charge is -2.50. The van der Waals surface area contributed by atoms with Gasteiger partial charge in [-0.3, -0.25) is 0 Å². The maximum Gasteiger partial charge on any atom is 0.0622 e. The van der Waals surface area contributed by atoms with Gasteiger partial charge in [-0.05, 0) is 125 Å². The van der Waals surface area contributed by atoms with E-state index in [4.69, 9.17) is 5.11 Å². The van der Waals surface area contributed by atoms with E-state index in [1.54, 1.807) is 0 Å². The number of rotatable bonds is 11. The Labute approximate surface area is 205 Å². The molecule has 3 rings (SSSR count). The minimum Gasteiger partial charge on any atom is -0.396 e. The number of fused-ring (bicyclic) bond motifs is 1. The van der Waals surface area contributed by atoms with Gasteiger partial charge in [0.25, 0.3) is 0 Å². The number of hydrogen-bond donors (Lipinski definition) is 3. The fraction of sp³-hybridized carbons (Fsp3) is 1.00. The highest BCUT2D eigenvalue weighted by molar-refractivity contribution is 5.03. The second-order valence-corrected chi connectivity index (χ2v) is 13.5. The monoisotopic (exact) mass is 464 g/mol. The zero-order valence-corrected chi connectivity index (χ0v) is 22.6. The molecular weight excluding hydrogens is 408 g/mol. The molecule has 0 bridgehead atoms. The van der Waals surface area contributed by atoms with Crippen LogP contribution in [0.3, 0.4) is 0 Å². The third-order valence-corrected chi connectivity index (χ3v) is 10.8. The molecular formula is C30H56O3. The zero-order chi connectivity index (χ0) is 24.3. The molecule has 194 valence electrons. The summed E-state index contributed by atoms with van der Waals surface area (Å²) in [5.74, 6) is 4.78. The lowest BCUT2D eigenvalue weighted by Crippen LogP contribution is -2.43. The van der Waals surface area contributed by atoms with Crippen LogP contribution in [0.5, 0.6) is 0 Å². The summed E-state index contributed by atoms with van der Waals surface area (Å²) in [6.45, 7) is 11.7. The van der Waals surface area contributed by atoms with Crippen molar-refractivity contribution in [1.29, 1.82) is 0 Å². The van der Waals surface area contributed by atoms with Gasteiger partial charge in [0.05, 0.1) is 11.2 Å². The van der Waals surface area contributed by atoms with Crippen LogP contribution in [0.25, 0.3) is 0 Å². The molecule has 3 fully saturated rings. The van der Waals surface area contributed by atoms with Crippen molar-refractivity contribution < 1.29 is 15.3 Å². The van der Waals surface area contributed by atoms with Gasteiger partial charge >= 0.3 is 0 Å². The number of aliphatic hydroxyl groups is 3. The molecule has 0 aromatic carbocycles. The SMILES string of the molecule is CC[C@H]1CC[C@]2(C)[C@@H]([C@H](C)CCC(C)(O)CCCO)CC[C@H]2[C@@H]1CC[C@@H]1CCC[C@](C)(O)C1. The molecule has 0 spiro atoms. The van der Waals surface area contributed by atoms with Crippen LogP contribution in [0, 0.1) is 40.9 Å². The van der Waals surface area contributed by atoms with Gasteiger partial charge in [0.15, 0.2) is 0 Å². The largest absolute Gasteiger partial charge is 0.396 e. The molecule has 33 heavy (non-hydrogen) atoms. The van der Waals surface area contributed by atoms with Gasteiger partial charge in [-0.1, -0.05) is 46.5 Å². The third kappa shape index (κ3) is 6.76. The summed E-state index contributed by atoms with van der Waals surface area (Å²) in [5.41, 5.74) is -0.606. The molecule has 0 aromatic heterocycles. The molecule has 0 saturated heterocycles. The lowest BCUT2D eigenvalue weighted by atomic mass is 9.55. The molecule has 0 heterocycles. The maximum atomic E-state index is 10.7. The topological polar surface area (TPSA) is 60.7 Å². The first-order valence-electron chi connectivity index (χ1n) is 14.6. The summed E-state index contributed by atoms with van der Waals surface area (Å²) >= 11 is 0. The molecule has 3 N–H and O–H groups in total. The van der Waals surface area contributed by atoms with Crippen molar-refractivity contribution in [3.8, 4) is 0 Å². The second kappa shape index (κ2) is 11.3. The highest BCUT2D eigenvalue weighted by Crippen LogP contribution is 2.62. The molecule has 3 aliphatic rings. The quantitative estimate of drug-likeness (QED) is 0.305. The Morgan fingerprint density at radius 2 is 1.79 bits per heavy atom. The van der Waals surface area contributed by atoms with Gasteiger partial charge in [0.2, 0.25) is 0 Å². The predicted molar refractivity (Wildman–Crippen MR) is 138 cm³/mol. The fourth-order valence-electron chi connectivity index (χ4n) is 8.88. The Morgan fingerprint density at radius 3 is 2.45 bits per heavy atom. The maximum absolute atomic E-state index is 10.7. The van der Waals surface area contributed by atoms with Gasteiger partial charge in [0, 0.05) is 6.61 Å². The van der Waals surface area contributed by atoms with E-state index in [1.807, 2.05) is 6.92 Å². The van der Waals surface area contributed by atoms with Crippen LogP contribution >= 0.6 is 0 Å². The Kier molecular flexibility index (Phi) is 9.40. The first-order chi connectivity index (χ1) is 15.5. The Bertz CT molecular complexity index is 599. The predicted octanol–water partition coefficient (Wildman–Crippen LogP) is 7.12. The molecule has 0 amide bonds. The summed E-state index contributed by atoms with van der Waals surface area (Å²) in [5, 5.41) is 30.5. The van der Waals surface area contributed by atoms with Crippen molar-refractivity contribution >= 4 is 0 Å². The average molecular weight is 465 g/mol. The van der Waals surface area contributed by atoms with Crippen LogP contribution in [-0.4, -0.2) is 33.1 Å². The second-order valence-electron chi connectivity index (χ2n) is 13.5. The summed E-state index contributed by atoms with van der Waals surface area (Å²) in [7, 11) is 0. The van der Waals surface area contributed by atoms with Crippen molar-refractivity contribution in [2.75, 3.05) is 6.61 Å². The highest BCUT2D eigenvalue weighted by Gasteiger charge is 2.54. The molecule has 9 atom stereocenters. The Balaban J connectivity index is 1.62. The van der Waals surface area contributed by atoms with Crippen LogP contribution in [-0.2, 0) is 0 Å². The van der Waals surface area contributed by atoms with Crippen molar-refractivity contribution in [2.24, 2.45) is 40.9 Å². The molecule has 1 unspecified atom stereocenters. The normalized spacial score (nSPS) is 42.0. The molecule has 0 aromatic rings. The van der Waals surface area contributed by atoms with E-state index in [-0.39, 0.29) is 6.61 Å². The van der Waals surface area contributed by atoms with Crippen molar-refractivity contribution in [3.63, 3.8) is 0 Å². The van der Waals surface area contributed by atoms with Crippen LogP contribution in [0.4, 0.5) is 0 Å². The molecule has 3 nitrogen and oxygen atoms in total. The summed E-state index contributed by atoms with van der Waals surface area (Å²) in [6.07, 6.45) is 17.4. The van der Waals surface area contributed by atoms with E-state index in [9.17, 15) is 10.2 Å². The van der Waals surface area contributed by atoms with Gasteiger partial charge in [-0.25, -0.2) is 0 Å². The van der Waals surface area contributed by atoms with Crippen molar-refractivity contribution in [1.82, 2.24) is 0 Å². The smallest absolute Gasteiger partial charge is 0.0622 e. The standard InChI is InChI=1S/C30H56O3/c1-6-24-15-19-30(5)26(22(2)14-18-28(3,32)17-8-20-31)12-13-27(30)25(24)11-10-23-9-7-16-29(4,33)21-23/h22-27,31-33H,6-21H2,1-5H3/t22-,23+,24+,25-,26-,27+,28?,29+,30-/m1/s1. The van der Waals surface area contributed by atoms with E-state index in [2.05, 4.69) is 27.7 Å². The van der Waals surface area contributed by atoms with Gasteiger partial charge in [-0.2, -0.15) is 0 Å².